The van der Waals surface area contributed by atoms with Crippen molar-refractivity contribution in [2.75, 3.05) is 28.3 Å². The second-order valence-corrected chi connectivity index (χ2v) is 5.26. The minimum atomic E-state index is -0.119. The number of hydrogen-bond donors (Lipinski definition) is 1. The van der Waals surface area contributed by atoms with E-state index in [1.165, 1.54) is 30.9 Å². The van der Waals surface area contributed by atoms with Crippen molar-refractivity contribution >= 4 is 28.9 Å². The number of phenolic OH excluding ortho intramolecular Hbond substituents is 1. The van der Waals surface area contributed by atoms with Crippen LogP contribution in [0.25, 0.3) is 6.08 Å². The first-order valence-corrected chi connectivity index (χ1v) is 6.92. The van der Waals surface area contributed by atoms with Crippen molar-refractivity contribution in [3.05, 3.63) is 22.6 Å². The summed E-state index contributed by atoms with van der Waals surface area (Å²) in [6.07, 6.45) is 1.71. The van der Waals surface area contributed by atoms with Gasteiger partial charge in [-0.15, -0.1) is 0 Å². The van der Waals surface area contributed by atoms with Gasteiger partial charge in [0.25, 0.3) is 5.91 Å². The molecular weight excluding hydrogens is 292 g/mol. The molecule has 1 aliphatic rings. The molecule has 0 atom stereocenters. The molecule has 1 aliphatic heterocycles. The number of amidine groups is 1. The van der Waals surface area contributed by atoms with E-state index < -0.39 is 0 Å². The fourth-order valence-electron chi connectivity index (χ4n) is 1.90. The fraction of sp³-hybridized carbons (Fsp3) is 0.286. The van der Waals surface area contributed by atoms with E-state index in [9.17, 15) is 9.90 Å². The van der Waals surface area contributed by atoms with Crippen molar-refractivity contribution in [2.24, 2.45) is 4.99 Å². The van der Waals surface area contributed by atoms with Crippen LogP contribution in [0.4, 0.5) is 0 Å². The number of amides is 1. The van der Waals surface area contributed by atoms with Crippen molar-refractivity contribution in [2.45, 2.75) is 0 Å². The number of aromatic hydroxyl groups is 1. The fourth-order valence-corrected chi connectivity index (χ4v) is 2.83. The van der Waals surface area contributed by atoms with Crippen molar-refractivity contribution in [1.29, 1.82) is 0 Å². The smallest absolute Gasteiger partial charge is 0.266 e. The Hall–Kier alpha value is -2.15. The maximum atomic E-state index is 12.1. The predicted octanol–water partition coefficient (Wildman–Crippen LogP) is 1.94. The van der Waals surface area contributed by atoms with E-state index >= 15 is 0 Å². The van der Waals surface area contributed by atoms with E-state index in [4.69, 9.17) is 9.47 Å². The lowest BCUT2D eigenvalue weighted by atomic mass is 10.1. The molecule has 0 radical (unpaired) electrons. The zero-order chi connectivity index (χ0) is 15.6. The highest BCUT2D eigenvalue weighted by molar-refractivity contribution is 8.18. The van der Waals surface area contributed by atoms with Gasteiger partial charge >= 0.3 is 0 Å². The molecule has 0 aliphatic carbocycles. The maximum absolute atomic E-state index is 12.1. The lowest BCUT2D eigenvalue weighted by molar-refractivity contribution is -0.121. The lowest BCUT2D eigenvalue weighted by Gasteiger charge is -2.09. The molecule has 6 nitrogen and oxygen atoms in total. The van der Waals surface area contributed by atoms with Crippen LogP contribution in [-0.4, -0.2) is 49.4 Å². The Bertz CT molecular complexity index is 615. The van der Waals surface area contributed by atoms with Gasteiger partial charge in [0.2, 0.25) is 5.75 Å². The number of ether oxygens (including phenoxy) is 2. The van der Waals surface area contributed by atoms with Gasteiger partial charge in [-0.2, -0.15) is 0 Å². The van der Waals surface area contributed by atoms with Gasteiger partial charge in [0.1, 0.15) is 0 Å². The average molecular weight is 308 g/mol. The first-order chi connectivity index (χ1) is 10.0. The number of carbonyl (C=O) groups excluding carboxylic acids is 1. The molecule has 0 bridgehead atoms. The third-order valence-corrected chi connectivity index (χ3v) is 4.15. The van der Waals surface area contributed by atoms with Crippen LogP contribution >= 0.6 is 11.8 Å². The number of hydrogen-bond acceptors (Lipinski definition) is 6. The van der Waals surface area contributed by atoms with Gasteiger partial charge in [-0.05, 0) is 35.5 Å². The highest BCUT2D eigenvalue weighted by Crippen LogP contribution is 2.39. The standard InChI is InChI=1S/C14H16N2O4S/c1-15-14-16(2)13(18)11(21-14)7-8-5-9(19-3)12(17)10(6-8)20-4/h5-7,17H,1-4H3/b11-7-,15-14?. The molecule has 1 aromatic carbocycles. The van der Waals surface area contributed by atoms with Gasteiger partial charge in [-0.25, -0.2) is 0 Å². The third kappa shape index (κ3) is 2.82. The Balaban J connectivity index is 2.44. The first-order valence-electron chi connectivity index (χ1n) is 6.11. The molecule has 2 rings (SSSR count). The van der Waals surface area contributed by atoms with E-state index in [0.717, 1.165) is 0 Å². The molecule has 1 amide bonds. The van der Waals surface area contributed by atoms with E-state index in [2.05, 4.69) is 4.99 Å². The van der Waals surface area contributed by atoms with Crippen LogP contribution in [0.15, 0.2) is 22.0 Å². The Morgan fingerprint density at radius 3 is 2.29 bits per heavy atom. The second-order valence-electron chi connectivity index (χ2n) is 4.26. The molecule has 7 heteroatoms. The minimum Gasteiger partial charge on any atom is -0.502 e. The summed E-state index contributed by atoms with van der Waals surface area (Å²) < 4.78 is 10.2. The summed E-state index contributed by atoms with van der Waals surface area (Å²) in [5, 5.41) is 10.5. The molecule has 0 aromatic heterocycles. The first kappa shape index (κ1) is 15.2. The van der Waals surface area contributed by atoms with Crippen molar-refractivity contribution < 1.29 is 19.4 Å². The molecule has 112 valence electrons. The number of thioether (sulfide) groups is 1. The number of benzene rings is 1. The van der Waals surface area contributed by atoms with Gasteiger partial charge in [0.15, 0.2) is 16.7 Å². The Morgan fingerprint density at radius 2 is 1.86 bits per heavy atom. The van der Waals surface area contributed by atoms with Crippen molar-refractivity contribution in [3.63, 3.8) is 0 Å². The molecule has 1 N–H and O–H groups in total. The monoisotopic (exact) mass is 308 g/mol. The number of phenols is 1. The highest BCUT2D eigenvalue weighted by Gasteiger charge is 2.29. The van der Waals surface area contributed by atoms with Crippen LogP contribution in [0.2, 0.25) is 0 Å². The number of rotatable bonds is 3. The van der Waals surface area contributed by atoms with Crippen LogP contribution in [0.3, 0.4) is 0 Å². The third-order valence-electron chi connectivity index (χ3n) is 2.99. The normalized spacial score (nSPS) is 18.7. The van der Waals surface area contributed by atoms with Gasteiger partial charge in [-0.3, -0.25) is 14.7 Å². The number of aliphatic imine (C=N–C) groups is 1. The summed E-state index contributed by atoms with van der Waals surface area (Å²) in [5.74, 6) is 0.385. The van der Waals surface area contributed by atoms with Gasteiger partial charge < -0.3 is 14.6 Å². The summed E-state index contributed by atoms with van der Waals surface area (Å²) in [6, 6.07) is 3.28. The number of carbonyl (C=O) groups is 1. The van der Waals surface area contributed by atoms with Gasteiger partial charge in [0.05, 0.1) is 19.1 Å². The van der Waals surface area contributed by atoms with Crippen LogP contribution in [-0.2, 0) is 4.79 Å². The molecule has 1 saturated heterocycles. The molecule has 0 saturated carbocycles. The maximum Gasteiger partial charge on any atom is 0.266 e. The summed E-state index contributed by atoms with van der Waals surface area (Å²) >= 11 is 1.30. The van der Waals surface area contributed by atoms with Crippen LogP contribution in [0.1, 0.15) is 5.56 Å². The minimum absolute atomic E-state index is 0.0690. The zero-order valence-corrected chi connectivity index (χ0v) is 13.0. The Labute approximate surface area is 127 Å². The second kappa shape index (κ2) is 6.09. The number of likely N-dealkylation sites (N-methyl/N-ethyl adjacent to an activating group) is 1. The molecule has 0 spiro atoms. The SMILES string of the molecule is CN=C1S/C(=C\c2cc(OC)c(O)c(OC)c2)C(=O)N1C. The number of nitrogens with zero attached hydrogens (tertiary/aromatic N) is 2. The quantitative estimate of drug-likeness (QED) is 0.864. The topological polar surface area (TPSA) is 71.4 Å². The van der Waals surface area contributed by atoms with Crippen LogP contribution in [0.5, 0.6) is 17.2 Å². The van der Waals surface area contributed by atoms with Crippen molar-refractivity contribution in [3.8, 4) is 17.2 Å². The van der Waals surface area contributed by atoms with Crippen LogP contribution < -0.4 is 9.47 Å². The molecule has 1 heterocycles. The zero-order valence-electron chi connectivity index (χ0n) is 12.2. The molecule has 0 unspecified atom stereocenters. The molecular formula is C14H16N2O4S. The predicted molar refractivity (Wildman–Crippen MR) is 82.9 cm³/mol. The largest absolute Gasteiger partial charge is 0.502 e. The summed E-state index contributed by atoms with van der Waals surface area (Å²) in [6.45, 7) is 0. The summed E-state index contributed by atoms with van der Waals surface area (Å²) in [4.78, 5) is 18.2. The van der Waals surface area contributed by atoms with E-state index in [0.29, 0.717) is 15.6 Å². The summed E-state index contributed by atoms with van der Waals surface area (Å²) in [7, 11) is 6.23. The lowest BCUT2D eigenvalue weighted by Crippen LogP contribution is -2.23. The van der Waals surface area contributed by atoms with Crippen molar-refractivity contribution in [1.82, 2.24) is 4.90 Å². The van der Waals surface area contributed by atoms with Gasteiger partial charge in [0, 0.05) is 14.1 Å². The van der Waals surface area contributed by atoms with E-state index in [1.54, 1.807) is 32.3 Å². The summed E-state index contributed by atoms with van der Waals surface area (Å²) in [5.41, 5.74) is 0.697. The Morgan fingerprint density at radius 1 is 1.29 bits per heavy atom. The van der Waals surface area contributed by atoms with E-state index in [1.807, 2.05) is 0 Å². The number of methoxy groups -OCH3 is 2. The average Bonchev–Trinajstić information content (AvgIpc) is 2.76. The molecule has 1 fully saturated rings. The molecule has 1 aromatic rings. The molecule has 21 heavy (non-hydrogen) atoms. The highest BCUT2D eigenvalue weighted by atomic mass is 32.2. The van der Waals surface area contributed by atoms with Crippen LogP contribution in [0, 0.1) is 0 Å². The van der Waals surface area contributed by atoms with E-state index in [-0.39, 0.29) is 23.2 Å². The van der Waals surface area contributed by atoms with Gasteiger partial charge in [-0.1, -0.05) is 0 Å². The Kier molecular flexibility index (Phi) is 4.42.